The average molecular weight is 449 g/mol. The van der Waals surface area contributed by atoms with Crippen molar-refractivity contribution in [2.75, 3.05) is 19.7 Å². The fourth-order valence-electron chi connectivity index (χ4n) is 3.12. The van der Waals surface area contributed by atoms with Crippen molar-refractivity contribution < 1.29 is 32.0 Å². The predicted molar refractivity (Wildman–Crippen MR) is 108 cm³/mol. The highest BCUT2D eigenvalue weighted by atomic mass is 32.2. The van der Waals surface area contributed by atoms with Gasteiger partial charge in [0.05, 0.1) is 23.6 Å². The number of amides is 3. The molecule has 2 aromatic rings. The van der Waals surface area contributed by atoms with E-state index in [2.05, 4.69) is 10.6 Å². The summed E-state index contributed by atoms with van der Waals surface area (Å²) in [6.45, 7) is -0.136. The van der Waals surface area contributed by atoms with Crippen LogP contribution in [-0.2, 0) is 30.9 Å². The minimum atomic E-state index is -3.61. The Labute approximate surface area is 179 Å². The van der Waals surface area contributed by atoms with E-state index in [1.165, 1.54) is 22.7 Å². The Morgan fingerprint density at radius 3 is 2.42 bits per heavy atom. The Balaban J connectivity index is 1.38. The molecule has 1 saturated heterocycles. The molecule has 0 atom stereocenters. The van der Waals surface area contributed by atoms with E-state index in [4.69, 9.17) is 9.15 Å². The molecule has 3 rings (SSSR count). The van der Waals surface area contributed by atoms with Gasteiger partial charge in [-0.3, -0.25) is 14.9 Å². The van der Waals surface area contributed by atoms with Crippen molar-refractivity contribution in [2.24, 2.45) is 5.92 Å². The molecule has 1 aromatic carbocycles. The summed E-state index contributed by atoms with van der Waals surface area (Å²) in [5.74, 6) is -1.35. The van der Waals surface area contributed by atoms with Crippen LogP contribution in [0.4, 0.5) is 4.79 Å². The molecule has 166 valence electrons. The summed E-state index contributed by atoms with van der Waals surface area (Å²) < 4.78 is 36.6. The van der Waals surface area contributed by atoms with Gasteiger partial charge in [-0.2, -0.15) is 4.31 Å². The molecular formula is C20H23N3O7S. The highest BCUT2D eigenvalue weighted by Gasteiger charge is 2.32. The maximum atomic E-state index is 12.6. The van der Waals surface area contributed by atoms with Gasteiger partial charge in [0.15, 0.2) is 6.61 Å². The van der Waals surface area contributed by atoms with Gasteiger partial charge in [-0.05, 0) is 37.1 Å². The van der Waals surface area contributed by atoms with Crippen molar-refractivity contribution in [1.29, 1.82) is 0 Å². The second kappa shape index (κ2) is 10.2. The van der Waals surface area contributed by atoms with E-state index >= 15 is 0 Å². The fourth-order valence-corrected chi connectivity index (χ4v) is 4.61. The van der Waals surface area contributed by atoms with Gasteiger partial charge in [0, 0.05) is 13.1 Å². The number of furan rings is 1. The third-order valence-corrected chi connectivity index (χ3v) is 6.68. The number of carbonyl (C=O) groups is 3. The highest BCUT2D eigenvalue weighted by molar-refractivity contribution is 7.89. The molecule has 0 saturated carbocycles. The molecule has 31 heavy (non-hydrogen) atoms. The van der Waals surface area contributed by atoms with Gasteiger partial charge in [0.25, 0.3) is 5.91 Å². The molecule has 1 aliphatic heterocycles. The molecule has 0 aliphatic carbocycles. The average Bonchev–Trinajstić information content (AvgIpc) is 3.30. The lowest BCUT2D eigenvalue weighted by atomic mass is 9.98. The Kier molecular flexibility index (Phi) is 7.42. The SMILES string of the molecule is O=C(COC(=O)C1CCN(S(=O)(=O)c2ccccc2)CC1)NC(=O)NCc1ccco1. The number of rotatable bonds is 7. The van der Waals surface area contributed by atoms with Gasteiger partial charge >= 0.3 is 12.0 Å². The lowest BCUT2D eigenvalue weighted by Crippen LogP contribution is -2.42. The van der Waals surface area contributed by atoms with Crippen LogP contribution in [0.2, 0.25) is 0 Å². The van der Waals surface area contributed by atoms with Crippen LogP contribution in [0.5, 0.6) is 0 Å². The number of nitrogens with one attached hydrogen (secondary N) is 2. The van der Waals surface area contributed by atoms with E-state index < -0.39 is 40.5 Å². The first kappa shape index (κ1) is 22.5. The number of ether oxygens (including phenoxy) is 1. The topological polar surface area (TPSA) is 135 Å². The molecule has 2 N–H and O–H groups in total. The first-order valence-electron chi connectivity index (χ1n) is 9.68. The normalized spacial score (nSPS) is 15.2. The summed E-state index contributed by atoms with van der Waals surface area (Å²) in [5, 5.41) is 4.48. The van der Waals surface area contributed by atoms with Crippen LogP contribution in [0.25, 0.3) is 0 Å². The van der Waals surface area contributed by atoms with Crippen LogP contribution in [-0.4, -0.2) is 50.3 Å². The molecule has 10 nitrogen and oxygen atoms in total. The molecule has 0 bridgehead atoms. The molecule has 0 radical (unpaired) electrons. The molecule has 0 unspecified atom stereocenters. The second-order valence-electron chi connectivity index (χ2n) is 6.91. The van der Waals surface area contributed by atoms with Crippen molar-refractivity contribution in [2.45, 2.75) is 24.3 Å². The summed E-state index contributed by atoms with van der Waals surface area (Å²) >= 11 is 0. The van der Waals surface area contributed by atoms with Crippen molar-refractivity contribution in [3.63, 3.8) is 0 Å². The number of benzene rings is 1. The van der Waals surface area contributed by atoms with Gasteiger partial charge in [0.1, 0.15) is 5.76 Å². The zero-order valence-corrected chi connectivity index (χ0v) is 17.5. The van der Waals surface area contributed by atoms with Crippen LogP contribution in [0.3, 0.4) is 0 Å². The molecule has 0 spiro atoms. The number of sulfonamides is 1. The largest absolute Gasteiger partial charge is 0.467 e. The lowest BCUT2D eigenvalue weighted by molar-refractivity contribution is -0.153. The number of hydrogen-bond donors (Lipinski definition) is 2. The third-order valence-electron chi connectivity index (χ3n) is 4.77. The molecule has 1 aliphatic rings. The van der Waals surface area contributed by atoms with E-state index in [-0.39, 0.29) is 37.4 Å². The summed E-state index contributed by atoms with van der Waals surface area (Å²) in [6, 6.07) is 10.7. The van der Waals surface area contributed by atoms with E-state index in [9.17, 15) is 22.8 Å². The van der Waals surface area contributed by atoms with Gasteiger partial charge < -0.3 is 14.5 Å². The number of carbonyl (C=O) groups excluding carboxylic acids is 3. The summed E-state index contributed by atoms with van der Waals surface area (Å²) in [5.41, 5.74) is 0. The summed E-state index contributed by atoms with van der Waals surface area (Å²) in [6.07, 6.45) is 2.04. The van der Waals surface area contributed by atoms with Crippen molar-refractivity contribution in [1.82, 2.24) is 14.9 Å². The zero-order chi connectivity index (χ0) is 22.3. The highest BCUT2D eigenvalue weighted by Crippen LogP contribution is 2.24. The van der Waals surface area contributed by atoms with Crippen LogP contribution in [0, 0.1) is 5.92 Å². The second-order valence-corrected chi connectivity index (χ2v) is 8.85. The van der Waals surface area contributed by atoms with Crippen molar-refractivity contribution in [3.8, 4) is 0 Å². The smallest absolute Gasteiger partial charge is 0.321 e. The number of nitrogens with zero attached hydrogens (tertiary/aromatic N) is 1. The number of imide groups is 1. The quantitative estimate of drug-likeness (QED) is 0.607. The van der Waals surface area contributed by atoms with Crippen LogP contribution < -0.4 is 10.6 Å². The van der Waals surface area contributed by atoms with Gasteiger partial charge in [-0.25, -0.2) is 13.2 Å². The fraction of sp³-hybridized carbons (Fsp3) is 0.350. The maximum Gasteiger partial charge on any atom is 0.321 e. The maximum absolute atomic E-state index is 12.6. The zero-order valence-electron chi connectivity index (χ0n) is 16.7. The Morgan fingerprint density at radius 2 is 1.77 bits per heavy atom. The number of piperidine rings is 1. The monoisotopic (exact) mass is 449 g/mol. The summed E-state index contributed by atoms with van der Waals surface area (Å²) in [7, 11) is -3.61. The molecule has 1 fully saturated rings. The van der Waals surface area contributed by atoms with Crippen LogP contribution in [0.15, 0.2) is 58.0 Å². The first-order valence-corrected chi connectivity index (χ1v) is 11.1. The van der Waals surface area contributed by atoms with Crippen molar-refractivity contribution >= 4 is 27.9 Å². The first-order chi connectivity index (χ1) is 14.9. The minimum absolute atomic E-state index is 0.108. The number of esters is 1. The Hall–Kier alpha value is -3.18. The molecule has 2 heterocycles. The van der Waals surface area contributed by atoms with E-state index in [0.717, 1.165) is 0 Å². The van der Waals surface area contributed by atoms with Gasteiger partial charge in [0.2, 0.25) is 10.0 Å². The van der Waals surface area contributed by atoms with Crippen LogP contribution in [0.1, 0.15) is 18.6 Å². The Morgan fingerprint density at radius 1 is 1.06 bits per heavy atom. The number of urea groups is 1. The minimum Gasteiger partial charge on any atom is -0.467 e. The predicted octanol–water partition coefficient (Wildman–Crippen LogP) is 1.25. The number of hydrogen-bond acceptors (Lipinski definition) is 7. The van der Waals surface area contributed by atoms with Crippen molar-refractivity contribution in [3.05, 3.63) is 54.5 Å². The third kappa shape index (κ3) is 6.15. The van der Waals surface area contributed by atoms with Gasteiger partial charge in [-0.1, -0.05) is 18.2 Å². The van der Waals surface area contributed by atoms with Gasteiger partial charge in [-0.15, -0.1) is 0 Å². The van der Waals surface area contributed by atoms with Crippen LogP contribution >= 0.6 is 0 Å². The Bertz CT molecular complexity index is 999. The molecular weight excluding hydrogens is 426 g/mol. The lowest BCUT2D eigenvalue weighted by Gasteiger charge is -2.30. The summed E-state index contributed by atoms with van der Waals surface area (Å²) in [4.78, 5) is 35.9. The molecule has 3 amide bonds. The standard InChI is InChI=1S/C20H23N3O7S/c24-18(22-20(26)21-13-16-5-4-12-29-16)14-30-19(25)15-8-10-23(11-9-15)31(27,28)17-6-2-1-3-7-17/h1-7,12,15H,8-11,13-14H2,(H2,21,22,24,26). The molecule has 1 aromatic heterocycles. The molecule has 11 heteroatoms. The van der Waals surface area contributed by atoms with E-state index in [1.54, 1.807) is 30.3 Å². The van der Waals surface area contributed by atoms with E-state index in [1.807, 2.05) is 0 Å². The van der Waals surface area contributed by atoms with E-state index in [0.29, 0.717) is 5.76 Å².